The zero-order valence-electron chi connectivity index (χ0n) is 12.2. The average molecular weight is 290 g/mol. The zero-order valence-corrected chi connectivity index (χ0v) is 13.0. The number of hydrogen-bond acceptors (Lipinski definition) is 3. The molecule has 0 aliphatic carbocycles. The number of para-hydroxylation sites is 2. The summed E-state index contributed by atoms with van der Waals surface area (Å²) in [5, 5.41) is 0. The topological polar surface area (TPSA) is 47.1 Å². The zero-order chi connectivity index (χ0) is 14.5. The number of nitrogens with two attached hydrogens (primary N) is 1. The number of unbranched alkanes of at least 4 members (excludes halogenated alkanes) is 1. The highest BCUT2D eigenvalue weighted by atomic mass is 32.1. The fourth-order valence-electron chi connectivity index (χ4n) is 2.33. The molecule has 0 fully saturated rings. The van der Waals surface area contributed by atoms with Crippen LogP contribution in [0.3, 0.4) is 0 Å². The van der Waals surface area contributed by atoms with Crippen LogP contribution in [-0.4, -0.2) is 33.0 Å². The number of nitrogens with zero attached hydrogens (tertiary/aromatic N) is 3. The average Bonchev–Trinajstić information content (AvgIpc) is 2.74. The first kappa shape index (κ1) is 14.9. The molecular formula is C15H22N4S. The summed E-state index contributed by atoms with van der Waals surface area (Å²) in [6, 6.07) is 8.12. The first-order valence-electron chi connectivity index (χ1n) is 7.02. The minimum absolute atomic E-state index is 0.491. The van der Waals surface area contributed by atoms with Crippen molar-refractivity contribution < 1.29 is 0 Å². The third-order valence-corrected chi connectivity index (χ3v) is 3.48. The van der Waals surface area contributed by atoms with Gasteiger partial charge in [-0.25, -0.2) is 4.98 Å². The van der Waals surface area contributed by atoms with Crippen molar-refractivity contribution in [2.75, 3.05) is 13.6 Å². The molecule has 0 atom stereocenters. The lowest BCUT2D eigenvalue weighted by atomic mass is 10.3. The molecule has 2 N–H and O–H groups in total. The van der Waals surface area contributed by atoms with E-state index < -0.39 is 0 Å². The molecule has 1 heterocycles. The maximum Gasteiger partial charge on any atom is 0.124 e. The number of rotatable bonds is 7. The van der Waals surface area contributed by atoms with E-state index >= 15 is 0 Å². The number of benzene rings is 1. The summed E-state index contributed by atoms with van der Waals surface area (Å²) in [6.45, 7) is 4.65. The van der Waals surface area contributed by atoms with Crippen molar-refractivity contribution in [1.82, 2.24) is 14.5 Å². The molecule has 0 unspecified atom stereocenters. The van der Waals surface area contributed by atoms with Gasteiger partial charge in [0.1, 0.15) is 5.82 Å². The van der Waals surface area contributed by atoms with E-state index in [1.807, 2.05) is 18.2 Å². The Kier molecular flexibility index (Phi) is 5.09. The van der Waals surface area contributed by atoms with Crippen LogP contribution < -0.4 is 5.73 Å². The van der Waals surface area contributed by atoms with E-state index in [0.717, 1.165) is 29.9 Å². The van der Waals surface area contributed by atoms with Crippen LogP contribution in [0.15, 0.2) is 24.3 Å². The van der Waals surface area contributed by atoms with Crippen molar-refractivity contribution in [2.24, 2.45) is 5.73 Å². The Hall–Kier alpha value is -1.46. The van der Waals surface area contributed by atoms with Gasteiger partial charge in [-0.3, -0.25) is 4.90 Å². The highest BCUT2D eigenvalue weighted by molar-refractivity contribution is 7.80. The molecule has 5 heteroatoms. The van der Waals surface area contributed by atoms with Crippen LogP contribution in [0.1, 0.15) is 25.6 Å². The normalized spacial score (nSPS) is 11.3. The Balaban J connectivity index is 2.28. The van der Waals surface area contributed by atoms with E-state index in [1.54, 1.807) is 0 Å². The van der Waals surface area contributed by atoms with Gasteiger partial charge in [-0.1, -0.05) is 37.7 Å². The Morgan fingerprint density at radius 3 is 2.85 bits per heavy atom. The second kappa shape index (κ2) is 6.81. The summed E-state index contributed by atoms with van der Waals surface area (Å²) in [5.41, 5.74) is 7.82. The van der Waals surface area contributed by atoms with Gasteiger partial charge in [0.2, 0.25) is 0 Å². The molecule has 4 nitrogen and oxygen atoms in total. The van der Waals surface area contributed by atoms with E-state index in [9.17, 15) is 0 Å². The first-order valence-corrected chi connectivity index (χ1v) is 7.43. The van der Waals surface area contributed by atoms with Gasteiger partial charge in [0.15, 0.2) is 0 Å². The Morgan fingerprint density at radius 2 is 2.15 bits per heavy atom. The smallest absolute Gasteiger partial charge is 0.124 e. The number of hydrogen-bond donors (Lipinski definition) is 1. The van der Waals surface area contributed by atoms with Gasteiger partial charge in [0.25, 0.3) is 0 Å². The van der Waals surface area contributed by atoms with Crippen LogP contribution in [-0.2, 0) is 13.1 Å². The van der Waals surface area contributed by atoms with E-state index in [1.165, 1.54) is 12.8 Å². The number of fused-ring (bicyclic) bond motifs is 1. The lowest BCUT2D eigenvalue weighted by molar-refractivity contribution is 0.309. The second-order valence-electron chi connectivity index (χ2n) is 5.16. The molecule has 0 spiro atoms. The summed E-state index contributed by atoms with van der Waals surface area (Å²) in [5.74, 6) is 1.03. The molecule has 0 saturated heterocycles. The molecule has 2 aromatic rings. The van der Waals surface area contributed by atoms with E-state index in [0.29, 0.717) is 11.5 Å². The van der Waals surface area contributed by atoms with E-state index in [4.69, 9.17) is 22.9 Å². The summed E-state index contributed by atoms with van der Waals surface area (Å²) < 4.78 is 2.13. The highest BCUT2D eigenvalue weighted by Crippen LogP contribution is 2.17. The fraction of sp³-hybridized carbons (Fsp3) is 0.467. The van der Waals surface area contributed by atoms with Gasteiger partial charge in [-0.2, -0.15) is 0 Å². The number of aromatic nitrogens is 2. The van der Waals surface area contributed by atoms with Crippen molar-refractivity contribution in [3.05, 3.63) is 30.1 Å². The van der Waals surface area contributed by atoms with Crippen molar-refractivity contribution in [2.45, 2.75) is 32.9 Å². The Bertz CT molecular complexity index is 591. The second-order valence-corrected chi connectivity index (χ2v) is 5.68. The Labute approximate surface area is 125 Å². The number of imidazole rings is 1. The molecule has 0 radical (unpaired) electrons. The summed E-state index contributed by atoms with van der Waals surface area (Å²) in [4.78, 5) is 7.50. The van der Waals surface area contributed by atoms with Gasteiger partial charge >= 0.3 is 0 Å². The number of thiocarbonyl (C=S) groups is 1. The van der Waals surface area contributed by atoms with Crippen molar-refractivity contribution in [3.8, 4) is 0 Å². The monoisotopic (exact) mass is 290 g/mol. The quantitative estimate of drug-likeness (QED) is 0.796. The lowest BCUT2D eigenvalue weighted by Crippen LogP contribution is -2.24. The van der Waals surface area contributed by atoms with Gasteiger partial charge in [-0.05, 0) is 32.1 Å². The fourth-order valence-corrected chi connectivity index (χ4v) is 2.46. The lowest BCUT2D eigenvalue weighted by Gasteiger charge is -2.16. The summed E-state index contributed by atoms with van der Waals surface area (Å²) in [6.07, 6.45) is 2.40. The molecule has 0 saturated carbocycles. The molecule has 108 valence electrons. The minimum Gasteiger partial charge on any atom is -0.392 e. The molecule has 1 aromatic carbocycles. The predicted molar refractivity (Wildman–Crippen MR) is 87.8 cm³/mol. The third kappa shape index (κ3) is 3.55. The van der Waals surface area contributed by atoms with Crippen LogP contribution in [0.5, 0.6) is 0 Å². The van der Waals surface area contributed by atoms with Crippen LogP contribution >= 0.6 is 12.2 Å². The van der Waals surface area contributed by atoms with E-state index in [-0.39, 0.29) is 0 Å². The molecular weight excluding hydrogens is 268 g/mol. The SMILES string of the molecule is CCCCN(C)Cc1nc2ccccc2n1CC(N)=S. The maximum absolute atomic E-state index is 5.72. The summed E-state index contributed by atoms with van der Waals surface area (Å²) >= 11 is 5.07. The van der Waals surface area contributed by atoms with Gasteiger partial charge in [0.05, 0.1) is 29.1 Å². The molecule has 0 aliphatic rings. The molecule has 0 amide bonds. The molecule has 1 aromatic heterocycles. The molecule has 2 rings (SSSR count). The van der Waals surface area contributed by atoms with Gasteiger partial charge in [0, 0.05) is 0 Å². The van der Waals surface area contributed by atoms with E-state index in [2.05, 4.69) is 29.5 Å². The molecule has 0 aliphatic heterocycles. The van der Waals surface area contributed by atoms with Crippen LogP contribution in [0.2, 0.25) is 0 Å². The van der Waals surface area contributed by atoms with Crippen molar-refractivity contribution in [3.63, 3.8) is 0 Å². The third-order valence-electron chi connectivity index (χ3n) is 3.35. The largest absolute Gasteiger partial charge is 0.392 e. The first-order chi connectivity index (χ1) is 9.61. The van der Waals surface area contributed by atoms with Crippen LogP contribution in [0, 0.1) is 0 Å². The van der Waals surface area contributed by atoms with Crippen molar-refractivity contribution in [1.29, 1.82) is 0 Å². The predicted octanol–water partition coefficient (Wildman–Crippen LogP) is 2.55. The Morgan fingerprint density at radius 1 is 1.40 bits per heavy atom. The van der Waals surface area contributed by atoms with Crippen molar-refractivity contribution >= 4 is 28.2 Å². The minimum atomic E-state index is 0.491. The summed E-state index contributed by atoms with van der Waals surface area (Å²) in [7, 11) is 2.13. The molecule has 0 bridgehead atoms. The van der Waals surface area contributed by atoms with Crippen LogP contribution in [0.25, 0.3) is 11.0 Å². The van der Waals surface area contributed by atoms with Gasteiger partial charge < -0.3 is 10.3 Å². The van der Waals surface area contributed by atoms with Crippen LogP contribution in [0.4, 0.5) is 0 Å². The highest BCUT2D eigenvalue weighted by Gasteiger charge is 2.12. The standard InChI is InChI=1S/C15H22N4S/c1-3-4-9-18(2)11-15-17-12-7-5-6-8-13(12)19(15)10-14(16)20/h5-8H,3-4,9-11H2,1-2H3,(H2,16,20). The van der Waals surface area contributed by atoms with Gasteiger partial charge in [-0.15, -0.1) is 0 Å². The maximum atomic E-state index is 5.72. The molecule has 20 heavy (non-hydrogen) atoms.